The molecular formula is C18H20ClNO3. The minimum absolute atomic E-state index is 0.195. The molecule has 2 rings (SSSR count). The van der Waals surface area contributed by atoms with Crippen molar-refractivity contribution in [2.24, 2.45) is 5.73 Å². The van der Waals surface area contributed by atoms with Crippen molar-refractivity contribution in [2.45, 2.75) is 33.0 Å². The van der Waals surface area contributed by atoms with Gasteiger partial charge in [0.25, 0.3) is 5.91 Å². The van der Waals surface area contributed by atoms with Gasteiger partial charge < -0.3 is 15.6 Å². The number of carbonyl (C=O) groups excluding carboxylic acids is 1. The smallest absolute Gasteiger partial charge is 0.253 e. The van der Waals surface area contributed by atoms with Gasteiger partial charge in [-0.15, -0.1) is 0 Å². The minimum atomic E-state index is -1.81. The molecule has 0 heterocycles. The molecule has 0 fully saturated rings. The van der Waals surface area contributed by atoms with Crippen molar-refractivity contribution in [2.75, 3.05) is 0 Å². The monoisotopic (exact) mass is 333 g/mol. The molecule has 0 saturated carbocycles. The van der Waals surface area contributed by atoms with Crippen LogP contribution in [0.5, 0.6) is 5.75 Å². The van der Waals surface area contributed by atoms with E-state index in [1.54, 1.807) is 12.1 Å². The van der Waals surface area contributed by atoms with Gasteiger partial charge in [-0.1, -0.05) is 29.8 Å². The molecule has 0 saturated heterocycles. The summed E-state index contributed by atoms with van der Waals surface area (Å²) < 4.78 is 5.85. The number of halogens is 1. The van der Waals surface area contributed by atoms with Crippen LogP contribution in [0, 0.1) is 13.8 Å². The third kappa shape index (κ3) is 3.84. The van der Waals surface area contributed by atoms with Gasteiger partial charge in [-0.2, -0.15) is 0 Å². The Balaban J connectivity index is 2.33. The lowest BCUT2D eigenvalue weighted by Gasteiger charge is -2.23. The van der Waals surface area contributed by atoms with E-state index in [0.29, 0.717) is 16.1 Å². The van der Waals surface area contributed by atoms with Crippen LogP contribution in [0.25, 0.3) is 0 Å². The quantitative estimate of drug-likeness (QED) is 0.882. The molecule has 23 heavy (non-hydrogen) atoms. The van der Waals surface area contributed by atoms with Crippen molar-refractivity contribution in [3.05, 3.63) is 63.7 Å². The maximum Gasteiger partial charge on any atom is 0.253 e. The van der Waals surface area contributed by atoms with Crippen molar-refractivity contribution < 1.29 is 14.6 Å². The van der Waals surface area contributed by atoms with Crippen LogP contribution in [0.2, 0.25) is 5.02 Å². The van der Waals surface area contributed by atoms with Crippen LogP contribution < -0.4 is 10.5 Å². The van der Waals surface area contributed by atoms with Crippen molar-refractivity contribution in [1.82, 2.24) is 0 Å². The molecule has 0 aromatic heterocycles. The average molecular weight is 334 g/mol. The molecule has 2 aromatic rings. The van der Waals surface area contributed by atoms with Gasteiger partial charge in [-0.05, 0) is 55.7 Å². The van der Waals surface area contributed by atoms with Gasteiger partial charge in [0.15, 0.2) is 5.60 Å². The van der Waals surface area contributed by atoms with Crippen molar-refractivity contribution in [1.29, 1.82) is 0 Å². The highest BCUT2D eigenvalue weighted by Crippen LogP contribution is 2.29. The zero-order valence-electron chi connectivity index (χ0n) is 13.4. The van der Waals surface area contributed by atoms with E-state index < -0.39 is 11.5 Å². The van der Waals surface area contributed by atoms with E-state index in [9.17, 15) is 9.90 Å². The summed E-state index contributed by atoms with van der Waals surface area (Å²) in [7, 11) is 0. The predicted octanol–water partition coefficient (Wildman–Crippen LogP) is 3.23. The number of aliphatic hydroxyl groups is 1. The topological polar surface area (TPSA) is 72.6 Å². The standard InChI is InChI=1S/C18H20ClNO3/c1-11-4-5-12(2)16(8-11)23-10-13-6-7-14(19)9-15(13)18(3,22)17(20)21/h4-9,22H,10H2,1-3H3,(H2,20,21). The minimum Gasteiger partial charge on any atom is -0.489 e. The number of carbonyl (C=O) groups is 1. The molecule has 0 radical (unpaired) electrons. The molecule has 0 spiro atoms. The Kier molecular flexibility index (Phi) is 4.97. The second kappa shape index (κ2) is 6.60. The summed E-state index contributed by atoms with van der Waals surface area (Å²) in [6.07, 6.45) is 0. The SMILES string of the molecule is Cc1ccc(C)c(OCc2ccc(Cl)cc2C(C)(O)C(N)=O)c1. The van der Waals surface area contributed by atoms with Crippen LogP contribution in [-0.4, -0.2) is 11.0 Å². The number of benzene rings is 2. The highest BCUT2D eigenvalue weighted by molar-refractivity contribution is 6.30. The fourth-order valence-electron chi connectivity index (χ4n) is 2.28. The Morgan fingerprint density at radius 1 is 1.26 bits per heavy atom. The van der Waals surface area contributed by atoms with E-state index >= 15 is 0 Å². The number of ether oxygens (including phenoxy) is 1. The molecule has 2 aromatic carbocycles. The Labute approximate surface area is 140 Å². The number of hydrogen-bond donors (Lipinski definition) is 2. The summed E-state index contributed by atoms with van der Waals surface area (Å²) in [4.78, 5) is 11.5. The largest absolute Gasteiger partial charge is 0.489 e. The van der Waals surface area contributed by atoms with Crippen LogP contribution in [-0.2, 0) is 17.0 Å². The van der Waals surface area contributed by atoms with Crippen molar-refractivity contribution in [3.8, 4) is 5.75 Å². The van der Waals surface area contributed by atoms with Crippen LogP contribution in [0.3, 0.4) is 0 Å². The highest BCUT2D eigenvalue weighted by atomic mass is 35.5. The maximum atomic E-state index is 11.5. The van der Waals surface area contributed by atoms with Gasteiger partial charge >= 0.3 is 0 Å². The molecule has 4 nitrogen and oxygen atoms in total. The number of aryl methyl sites for hydroxylation is 2. The van der Waals surface area contributed by atoms with Gasteiger partial charge in [0.1, 0.15) is 12.4 Å². The molecule has 1 amide bonds. The van der Waals surface area contributed by atoms with Gasteiger partial charge in [0, 0.05) is 10.6 Å². The molecule has 3 N–H and O–H groups in total. The first kappa shape index (κ1) is 17.3. The van der Waals surface area contributed by atoms with Crippen molar-refractivity contribution >= 4 is 17.5 Å². The normalized spacial score (nSPS) is 13.4. The first-order valence-electron chi connectivity index (χ1n) is 7.23. The molecule has 0 aliphatic rings. The predicted molar refractivity (Wildman–Crippen MR) is 90.5 cm³/mol. The zero-order valence-corrected chi connectivity index (χ0v) is 14.1. The first-order valence-corrected chi connectivity index (χ1v) is 7.61. The molecule has 0 bridgehead atoms. The maximum absolute atomic E-state index is 11.5. The van der Waals surface area contributed by atoms with E-state index in [1.165, 1.54) is 13.0 Å². The third-order valence-corrected chi connectivity index (χ3v) is 4.04. The van der Waals surface area contributed by atoms with Crippen LogP contribution in [0.4, 0.5) is 0 Å². The Morgan fingerprint density at radius 2 is 1.96 bits per heavy atom. The molecule has 1 unspecified atom stereocenters. The second-order valence-electron chi connectivity index (χ2n) is 5.80. The van der Waals surface area contributed by atoms with E-state index in [0.717, 1.165) is 16.9 Å². The van der Waals surface area contributed by atoms with Gasteiger partial charge in [-0.25, -0.2) is 0 Å². The zero-order chi connectivity index (χ0) is 17.2. The summed E-state index contributed by atoms with van der Waals surface area (Å²) in [5.41, 5.74) is 6.58. The number of primary amides is 1. The van der Waals surface area contributed by atoms with Crippen LogP contribution >= 0.6 is 11.6 Å². The highest BCUT2D eigenvalue weighted by Gasteiger charge is 2.32. The summed E-state index contributed by atoms with van der Waals surface area (Å²) in [5.74, 6) is -0.0858. The van der Waals surface area contributed by atoms with E-state index in [1.807, 2.05) is 32.0 Å². The molecular weight excluding hydrogens is 314 g/mol. The fourth-order valence-corrected chi connectivity index (χ4v) is 2.45. The molecule has 0 aliphatic heterocycles. The van der Waals surface area contributed by atoms with E-state index in [4.69, 9.17) is 22.1 Å². The second-order valence-corrected chi connectivity index (χ2v) is 6.23. The lowest BCUT2D eigenvalue weighted by molar-refractivity contribution is -0.135. The summed E-state index contributed by atoms with van der Waals surface area (Å²) in [5, 5.41) is 10.8. The summed E-state index contributed by atoms with van der Waals surface area (Å²) in [6, 6.07) is 10.9. The Morgan fingerprint density at radius 3 is 2.61 bits per heavy atom. The molecule has 1 atom stereocenters. The average Bonchev–Trinajstić information content (AvgIpc) is 2.48. The number of hydrogen-bond acceptors (Lipinski definition) is 3. The van der Waals surface area contributed by atoms with Crippen LogP contribution in [0.1, 0.15) is 29.2 Å². The van der Waals surface area contributed by atoms with E-state index in [-0.39, 0.29) is 6.61 Å². The summed E-state index contributed by atoms with van der Waals surface area (Å²) >= 11 is 5.99. The Bertz CT molecular complexity index is 741. The van der Waals surface area contributed by atoms with E-state index in [2.05, 4.69) is 0 Å². The molecule has 5 heteroatoms. The molecule has 122 valence electrons. The lowest BCUT2D eigenvalue weighted by atomic mass is 9.91. The number of nitrogens with two attached hydrogens (primary N) is 1. The summed E-state index contributed by atoms with van der Waals surface area (Å²) in [6.45, 7) is 5.48. The van der Waals surface area contributed by atoms with Crippen molar-refractivity contribution in [3.63, 3.8) is 0 Å². The third-order valence-electron chi connectivity index (χ3n) is 3.80. The van der Waals surface area contributed by atoms with Crippen LogP contribution in [0.15, 0.2) is 36.4 Å². The van der Waals surface area contributed by atoms with Gasteiger partial charge in [-0.3, -0.25) is 4.79 Å². The first-order chi connectivity index (χ1) is 10.7. The number of rotatable bonds is 5. The lowest BCUT2D eigenvalue weighted by Crippen LogP contribution is -2.39. The fraction of sp³-hybridized carbons (Fsp3) is 0.278. The van der Waals surface area contributed by atoms with Gasteiger partial charge in [0.2, 0.25) is 0 Å². The Hall–Kier alpha value is -2.04. The number of amides is 1. The molecule has 0 aliphatic carbocycles. The van der Waals surface area contributed by atoms with Gasteiger partial charge in [0.05, 0.1) is 0 Å².